The molecule has 0 aromatic carbocycles. The molecule has 2 rings (SSSR count). The topological polar surface area (TPSA) is 83.6 Å². The van der Waals surface area contributed by atoms with Gasteiger partial charge in [0.25, 0.3) is 0 Å². The lowest BCUT2D eigenvalue weighted by molar-refractivity contribution is -0.133. The summed E-state index contributed by atoms with van der Waals surface area (Å²) in [6.07, 6.45) is 2.29. The van der Waals surface area contributed by atoms with E-state index in [1.165, 1.54) is 4.90 Å². The molecule has 1 aliphatic heterocycles. The van der Waals surface area contributed by atoms with Crippen molar-refractivity contribution < 1.29 is 18.0 Å². The minimum absolute atomic E-state index is 0.0335. The molecule has 2 aliphatic rings. The summed E-state index contributed by atoms with van der Waals surface area (Å²) in [5, 5.41) is 2.59. The highest BCUT2D eigenvalue weighted by Crippen LogP contribution is 2.28. The van der Waals surface area contributed by atoms with Crippen LogP contribution in [-0.4, -0.2) is 56.3 Å². The van der Waals surface area contributed by atoms with E-state index in [-0.39, 0.29) is 41.8 Å². The maximum atomic E-state index is 11.8. The standard InChI is InChI=1S/C11H18N2O4S/c1-13(9-4-5-18(16,17)7-9)10(14)6-12-11(15)8-2-3-8/h8-9H,2-7H2,1H3,(H,12,15). The summed E-state index contributed by atoms with van der Waals surface area (Å²) in [6, 6.07) is -0.250. The molecular weight excluding hydrogens is 256 g/mol. The van der Waals surface area contributed by atoms with Gasteiger partial charge in [-0.3, -0.25) is 9.59 Å². The monoisotopic (exact) mass is 274 g/mol. The fourth-order valence-corrected chi connectivity index (χ4v) is 3.84. The van der Waals surface area contributed by atoms with E-state index in [0.29, 0.717) is 6.42 Å². The van der Waals surface area contributed by atoms with Gasteiger partial charge in [0.2, 0.25) is 11.8 Å². The van der Waals surface area contributed by atoms with Crippen molar-refractivity contribution in [2.24, 2.45) is 5.92 Å². The number of nitrogens with zero attached hydrogens (tertiary/aromatic N) is 1. The first kappa shape index (κ1) is 13.3. The SMILES string of the molecule is CN(C(=O)CNC(=O)C1CC1)C1CCS(=O)(=O)C1. The Morgan fingerprint density at radius 3 is 2.44 bits per heavy atom. The quantitative estimate of drug-likeness (QED) is 0.724. The fraction of sp³-hybridized carbons (Fsp3) is 0.818. The van der Waals surface area contributed by atoms with Crippen LogP contribution in [0.15, 0.2) is 0 Å². The molecule has 1 saturated heterocycles. The van der Waals surface area contributed by atoms with Gasteiger partial charge in [-0.05, 0) is 19.3 Å². The molecule has 18 heavy (non-hydrogen) atoms. The number of carbonyl (C=O) groups is 2. The maximum absolute atomic E-state index is 11.8. The number of amides is 2. The lowest BCUT2D eigenvalue weighted by Crippen LogP contribution is -2.44. The van der Waals surface area contributed by atoms with Gasteiger partial charge < -0.3 is 10.2 Å². The van der Waals surface area contributed by atoms with Gasteiger partial charge in [-0.2, -0.15) is 0 Å². The highest BCUT2D eigenvalue weighted by molar-refractivity contribution is 7.91. The second-order valence-corrected chi connectivity index (χ2v) is 7.28. The third kappa shape index (κ3) is 3.22. The molecule has 7 heteroatoms. The molecule has 2 amide bonds. The molecule has 1 atom stereocenters. The molecule has 1 unspecified atom stereocenters. The maximum Gasteiger partial charge on any atom is 0.241 e. The highest BCUT2D eigenvalue weighted by Gasteiger charge is 2.33. The molecule has 6 nitrogen and oxygen atoms in total. The Morgan fingerprint density at radius 1 is 1.28 bits per heavy atom. The number of hydrogen-bond donors (Lipinski definition) is 1. The summed E-state index contributed by atoms with van der Waals surface area (Å²) in [5.74, 6) is -0.0490. The fourth-order valence-electron chi connectivity index (χ4n) is 2.06. The smallest absolute Gasteiger partial charge is 0.241 e. The van der Waals surface area contributed by atoms with Crippen LogP contribution in [0.4, 0.5) is 0 Å². The third-order valence-corrected chi connectivity index (χ3v) is 5.26. The summed E-state index contributed by atoms with van der Waals surface area (Å²) < 4.78 is 22.6. The van der Waals surface area contributed by atoms with E-state index in [1.54, 1.807) is 7.05 Å². The zero-order chi connectivity index (χ0) is 13.3. The first-order valence-corrected chi connectivity index (χ1v) is 7.95. The van der Waals surface area contributed by atoms with E-state index in [4.69, 9.17) is 0 Å². The van der Waals surface area contributed by atoms with Crippen molar-refractivity contribution in [1.29, 1.82) is 0 Å². The summed E-state index contributed by atoms with van der Waals surface area (Å²) >= 11 is 0. The third-order valence-electron chi connectivity index (χ3n) is 3.51. The summed E-state index contributed by atoms with van der Waals surface area (Å²) in [4.78, 5) is 24.6. The van der Waals surface area contributed by atoms with Crippen molar-refractivity contribution in [3.05, 3.63) is 0 Å². The van der Waals surface area contributed by atoms with E-state index in [1.807, 2.05) is 0 Å². The van der Waals surface area contributed by atoms with E-state index in [0.717, 1.165) is 12.8 Å². The minimum atomic E-state index is -2.99. The summed E-state index contributed by atoms with van der Waals surface area (Å²) in [6.45, 7) is -0.0393. The first-order chi connectivity index (χ1) is 8.39. The Hall–Kier alpha value is -1.11. The van der Waals surface area contributed by atoms with E-state index in [9.17, 15) is 18.0 Å². The van der Waals surface area contributed by atoms with Crippen LogP contribution >= 0.6 is 0 Å². The molecule has 0 bridgehead atoms. The van der Waals surface area contributed by atoms with Gasteiger partial charge in [0.15, 0.2) is 9.84 Å². The molecule has 1 aliphatic carbocycles. The zero-order valence-electron chi connectivity index (χ0n) is 10.4. The van der Waals surface area contributed by atoms with Crippen LogP contribution in [-0.2, 0) is 19.4 Å². The first-order valence-electron chi connectivity index (χ1n) is 6.13. The van der Waals surface area contributed by atoms with E-state index >= 15 is 0 Å². The average molecular weight is 274 g/mol. The second kappa shape index (κ2) is 4.87. The lowest BCUT2D eigenvalue weighted by atomic mass is 10.2. The number of hydrogen-bond acceptors (Lipinski definition) is 4. The molecular formula is C11H18N2O4S. The Labute approximate surface area is 107 Å². The van der Waals surface area contributed by atoms with Crippen LogP contribution in [0.25, 0.3) is 0 Å². The van der Waals surface area contributed by atoms with Gasteiger partial charge in [-0.15, -0.1) is 0 Å². The van der Waals surface area contributed by atoms with Crippen molar-refractivity contribution >= 4 is 21.7 Å². The molecule has 0 aromatic heterocycles. The molecule has 1 N–H and O–H groups in total. The van der Waals surface area contributed by atoms with Crippen molar-refractivity contribution in [2.45, 2.75) is 25.3 Å². The number of nitrogens with one attached hydrogen (secondary N) is 1. The highest BCUT2D eigenvalue weighted by atomic mass is 32.2. The van der Waals surface area contributed by atoms with Crippen LogP contribution < -0.4 is 5.32 Å². The molecule has 1 saturated carbocycles. The van der Waals surface area contributed by atoms with Crippen LogP contribution in [0.2, 0.25) is 0 Å². The molecule has 102 valence electrons. The van der Waals surface area contributed by atoms with Crippen molar-refractivity contribution in [1.82, 2.24) is 10.2 Å². The van der Waals surface area contributed by atoms with Crippen molar-refractivity contribution in [3.63, 3.8) is 0 Å². The number of rotatable bonds is 4. The van der Waals surface area contributed by atoms with E-state index in [2.05, 4.69) is 5.32 Å². The lowest BCUT2D eigenvalue weighted by Gasteiger charge is -2.23. The van der Waals surface area contributed by atoms with Gasteiger partial charge in [0.05, 0.1) is 18.1 Å². The number of sulfone groups is 1. The second-order valence-electron chi connectivity index (χ2n) is 5.05. The zero-order valence-corrected chi connectivity index (χ0v) is 11.2. The van der Waals surface area contributed by atoms with Crippen molar-refractivity contribution in [3.8, 4) is 0 Å². The van der Waals surface area contributed by atoms with Gasteiger partial charge >= 0.3 is 0 Å². The predicted molar refractivity (Wildman–Crippen MR) is 65.6 cm³/mol. The van der Waals surface area contributed by atoms with Crippen molar-refractivity contribution in [2.75, 3.05) is 25.1 Å². The molecule has 0 radical (unpaired) electrons. The van der Waals surface area contributed by atoms with Gasteiger partial charge in [0.1, 0.15) is 0 Å². The van der Waals surface area contributed by atoms with E-state index < -0.39 is 9.84 Å². The molecule has 1 heterocycles. The largest absolute Gasteiger partial charge is 0.347 e. The molecule has 2 fully saturated rings. The van der Waals surface area contributed by atoms with Gasteiger partial charge in [0, 0.05) is 19.0 Å². The predicted octanol–water partition coefficient (Wildman–Crippen LogP) is -0.842. The Kier molecular flexibility index (Phi) is 3.61. The van der Waals surface area contributed by atoms with Crippen LogP contribution in [0.5, 0.6) is 0 Å². The Balaban J connectivity index is 1.79. The number of carbonyl (C=O) groups excluding carboxylic acids is 2. The Bertz CT molecular complexity index is 456. The van der Waals surface area contributed by atoms with Crippen LogP contribution in [0.3, 0.4) is 0 Å². The van der Waals surface area contributed by atoms with Gasteiger partial charge in [-0.1, -0.05) is 0 Å². The number of likely N-dealkylation sites (N-methyl/N-ethyl adjacent to an activating group) is 1. The molecule has 0 spiro atoms. The molecule has 0 aromatic rings. The van der Waals surface area contributed by atoms with Crippen LogP contribution in [0.1, 0.15) is 19.3 Å². The van der Waals surface area contributed by atoms with Gasteiger partial charge in [-0.25, -0.2) is 8.42 Å². The normalized spacial score (nSPS) is 25.7. The van der Waals surface area contributed by atoms with Crippen LogP contribution in [0, 0.1) is 5.92 Å². The minimum Gasteiger partial charge on any atom is -0.347 e. The summed E-state index contributed by atoms with van der Waals surface area (Å²) in [7, 11) is -1.40. The average Bonchev–Trinajstić information content (AvgIpc) is 3.09. The Morgan fingerprint density at radius 2 is 1.94 bits per heavy atom. The summed E-state index contributed by atoms with van der Waals surface area (Å²) in [5.41, 5.74) is 0.